The van der Waals surface area contributed by atoms with Crippen LogP contribution in [0.4, 0.5) is 0 Å². The summed E-state index contributed by atoms with van der Waals surface area (Å²) in [5, 5.41) is 23.2. The minimum Gasteiger partial charge on any atom is -0.466 e. The maximum atomic E-state index is 12.5. The van der Waals surface area contributed by atoms with Gasteiger partial charge >= 0.3 is 5.97 Å². The van der Waals surface area contributed by atoms with Gasteiger partial charge in [0.1, 0.15) is 0 Å². The summed E-state index contributed by atoms with van der Waals surface area (Å²) in [6, 6.07) is -0.635. The van der Waals surface area contributed by atoms with Gasteiger partial charge in [-0.3, -0.25) is 9.59 Å². The fourth-order valence-electron chi connectivity index (χ4n) is 9.92. The van der Waals surface area contributed by atoms with E-state index in [2.05, 4.69) is 43.5 Å². The van der Waals surface area contributed by atoms with Crippen molar-refractivity contribution in [1.82, 2.24) is 5.32 Å². The molecule has 1 amide bonds. The third-order valence-electron chi connectivity index (χ3n) is 14.9. The number of hydrogen-bond acceptors (Lipinski definition) is 5. The van der Waals surface area contributed by atoms with Crippen molar-refractivity contribution in [3.8, 4) is 0 Å². The number of nitrogens with one attached hydrogen (secondary N) is 1. The Labute approximate surface area is 449 Å². The Morgan fingerprint density at radius 1 is 0.375 bits per heavy atom. The molecule has 2 atom stereocenters. The Kier molecular flexibility index (Phi) is 60.0. The number of carbonyl (C=O) groups is 2. The van der Waals surface area contributed by atoms with Crippen molar-refractivity contribution < 1.29 is 24.5 Å². The summed E-state index contributed by atoms with van der Waals surface area (Å²) in [7, 11) is 0. The smallest absolute Gasteiger partial charge is 0.305 e. The highest BCUT2D eigenvalue weighted by Gasteiger charge is 2.18. The van der Waals surface area contributed by atoms with Crippen LogP contribution in [0.3, 0.4) is 0 Å². The van der Waals surface area contributed by atoms with E-state index in [0.29, 0.717) is 19.4 Å². The molecule has 0 rings (SSSR count). The molecule has 0 spiro atoms. The van der Waals surface area contributed by atoms with Gasteiger partial charge < -0.3 is 20.3 Å². The Balaban J connectivity index is 3.45. The molecule has 0 radical (unpaired) electrons. The van der Waals surface area contributed by atoms with Crippen LogP contribution in [0.5, 0.6) is 0 Å². The predicted octanol–water partition coefficient (Wildman–Crippen LogP) is 20.4. The molecule has 0 bridgehead atoms. The molecule has 0 fully saturated rings. The summed E-state index contributed by atoms with van der Waals surface area (Å²) in [5.74, 6) is -0.0721. The number of aliphatic hydroxyl groups is 2. The predicted molar refractivity (Wildman–Crippen MR) is 315 cm³/mol. The fraction of sp³-hybridized carbons (Fsp3) is 0.879. The van der Waals surface area contributed by atoms with Crippen molar-refractivity contribution in [2.45, 2.75) is 360 Å². The molecule has 6 heteroatoms. The number of aliphatic hydroxyl groups excluding tert-OH is 2. The Bertz CT molecular complexity index is 1170. The molecule has 0 saturated heterocycles. The molecule has 0 heterocycles. The molecule has 424 valence electrons. The van der Waals surface area contributed by atoms with Gasteiger partial charge in [0.25, 0.3) is 0 Å². The van der Waals surface area contributed by atoms with Crippen LogP contribution < -0.4 is 5.32 Å². The molecule has 0 aliphatic heterocycles. The second-order valence-electron chi connectivity index (χ2n) is 22.1. The first-order valence-corrected chi connectivity index (χ1v) is 32.3. The van der Waals surface area contributed by atoms with E-state index in [1.807, 2.05) is 6.08 Å². The van der Waals surface area contributed by atoms with E-state index in [4.69, 9.17) is 4.74 Å². The molecule has 0 aromatic heterocycles. The SMILES string of the molecule is CCCCCCCC/C=C\CCCCCCCCCC(=O)OCCCCCCCCCCC/C=C\CCCCCCCCCC(=O)NC(CO)C(O)/C=C/CCCCCCCCCCCCCCCCCC. The number of amides is 1. The van der Waals surface area contributed by atoms with Crippen LogP contribution in [0, 0.1) is 0 Å². The van der Waals surface area contributed by atoms with E-state index in [9.17, 15) is 19.8 Å². The van der Waals surface area contributed by atoms with Crippen LogP contribution in [0.15, 0.2) is 36.5 Å². The molecule has 0 aromatic carbocycles. The van der Waals surface area contributed by atoms with Gasteiger partial charge in [-0.1, -0.05) is 288 Å². The second-order valence-corrected chi connectivity index (χ2v) is 22.1. The Morgan fingerprint density at radius 3 is 0.986 bits per heavy atom. The van der Waals surface area contributed by atoms with Gasteiger partial charge in [0.2, 0.25) is 5.91 Å². The molecule has 0 saturated carbocycles. The van der Waals surface area contributed by atoms with E-state index in [1.165, 1.54) is 270 Å². The lowest BCUT2D eigenvalue weighted by Gasteiger charge is -2.20. The van der Waals surface area contributed by atoms with Crippen LogP contribution in [-0.4, -0.2) is 47.4 Å². The zero-order valence-corrected chi connectivity index (χ0v) is 48.4. The van der Waals surface area contributed by atoms with Crippen molar-refractivity contribution in [1.29, 1.82) is 0 Å². The number of ether oxygens (including phenoxy) is 1. The lowest BCUT2D eigenvalue weighted by molar-refractivity contribution is -0.143. The number of hydrogen-bond donors (Lipinski definition) is 3. The largest absolute Gasteiger partial charge is 0.466 e. The average molecular weight is 1010 g/mol. The van der Waals surface area contributed by atoms with Gasteiger partial charge in [0.15, 0.2) is 0 Å². The first-order chi connectivity index (χ1) is 35.5. The first kappa shape index (κ1) is 70.1. The monoisotopic (exact) mass is 1010 g/mol. The van der Waals surface area contributed by atoms with Crippen LogP contribution in [0.1, 0.15) is 348 Å². The molecule has 0 aliphatic rings. The van der Waals surface area contributed by atoms with E-state index in [-0.39, 0.29) is 18.5 Å². The van der Waals surface area contributed by atoms with Gasteiger partial charge in [-0.15, -0.1) is 0 Å². The van der Waals surface area contributed by atoms with Crippen molar-refractivity contribution >= 4 is 11.9 Å². The van der Waals surface area contributed by atoms with Gasteiger partial charge in [-0.05, 0) is 83.5 Å². The highest BCUT2D eigenvalue weighted by molar-refractivity contribution is 5.76. The van der Waals surface area contributed by atoms with Crippen LogP contribution in [0.25, 0.3) is 0 Å². The van der Waals surface area contributed by atoms with Gasteiger partial charge in [-0.2, -0.15) is 0 Å². The first-order valence-electron chi connectivity index (χ1n) is 32.3. The Hall–Kier alpha value is -1.92. The number of rotatable bonds is 60. The van der Waals surface area contributed by atoms with Gasteiger partial charge in [-0.25, -0.2) is 0 Å². The third-order valence-corrected chi connectivity index (χ3v) is 14.9. The Morgan fingerprint density at radius 2 is 0.653 bits per heavy atom. The quantitative estimate of drug-likeness (QED) is 0.0320. The summed E-state index contributed by atoms with van der Waals surface area (Å²) in [6.07, 6.45) is 77.6. The van der Waals surface area contributed by atoms with Crippen LogP contribution >= 0.6 is 0 Å². The van der Waals surface area contributed by atoms with Gasteiger partial charge in [0.05, 0.1) is 25.4 Å². The molecule has 3 N–H and O–H groups in total. The molecular formula is C66H125NO5. The third kappa shape index (κ3) is 57.4. The van der Waals surface area contributed by atoms with Gasteiger partial charge in [0, 0.05) is 12.8 Å². The number of allylic oxidation sites excluding steroid dienone is 5. The lowest BCUT2D eigenvalue weighted by Crippen LogP contribution is -2.45. The van der Waals surface area contributed by atoms with E-state index in [0.717, 1.165) is 51.4 Å². The average Bonchev–Trinajstić information content (AvgIpc) is 3.38. The summed E-state index contributed by atoms with van der Waals surface area (Å²) < 4.78 is 5.49. The maximum Gasteiger partial charge on any atom is 0.305 e. The topological polar surface area (TPSA) is 95.9 Å². The summed E-state index contributed by atoms with van der Waals surface area (Å²) in [5.41, 5.74) is 0. The summed E-state index contributed by atoms with van der Waals surface area (Å²) in [6.45, 7) is 4.91. The van der Waals surface area contributed by atoms with Crippen molar-refractivity contribution in [3.63, 3.8) is 0 Å². The van der Waals surface area contributed by atoms with Crippen molar-refractivity contribution in [2.75, 3.05) is 13.2 Å². The van der Waals surface area contributed by atoms with Crippen LogP contribution in [0.2, 0.25) is 0 Å². The van der Waals surface area contributed by atoms with Crippen molar-refractivity contribution in [2.24, 2.45) is 0 Å². The highest BCUT2D eigenvalue weighted by atomic mass is 16.5. The summed E-state index contributed by atoms with van der Waals surface area (Å²) >= 11 is 0. The molecular weight excluding hydrogens is 887 g/mol. The zero-order chi connectivity index (χ0) is 52.2. The van der Waals surface area contributed by atoms with E-state index >= 15 is 0 Å². The van der Waals surface area contributed by atoms with Crippen LogP contribution in [-0.2, 0) is 14.3 Å². The number of carbonyl (C=O) groups excluding carboxylic acids is 2. The molecule has 6 nitrogen and oxygen atoms in total. The second kappa shape index (κ2) is 61.6. The number of unbranched alkanes of at least 4 members (excludes halogenated alkanes) is 45. The molecule has 2 unspecified atom stereocenters. The molecule has 72 heavy (non-hydrogen) atoms. The standard InChI is InChI=1S/C66H125NO5/c1-3-5-7-9-11-13-15-17-19-21-27-30-34-38-42-46-50-54-58-64(69)63(62-68)67-65(70)59-55-51-47-43-39-35-31-28-24-22-23-25-29-33-37-41-45-49-53-57-61-72-66(71)60-56-52-48-44-40-36-32-26-20-18-16-14-12-10-8-6-4-2/h18,20,22,24,54,58,63-64,68-69H,3-17,19,21,23,25-53,55-57,59-62H2,1-2H3,(H,67,70)/b20-18-,24-22-,58-54+. The lowest BCUT2D eigenvalue weighted by atomic mass is 10.0. The highest BCUT2D eigenvalue weighted by Crippen LogP contribution is 2.17. The van der Waals surface area contributed by atoms with E-state index < -0.39 is 12.1 Å². The maximum absolute atomic E-state index is 12.5. The number of esters is 1. The molecule has 0 aliphatic carbocycles. The van der Waals surface area contributed by atoms with E-state index in [1.54, 1.807) is 6.08 Å². The van der Waals surface area contributed by atoms with Crippen molar-refractivity contribution in [3.05, 3.63) is 36.5 Å². The fourth-order valence-corrected chi connectivity index (χ4v) is 9.92. The minimum absolute atomic E-state index is 0.00246. The normalized spacial score (nSPS) is 12.8. The summed E-state index contributed by atoms with van der Waals surface area (Å²) in [4.78, 5) is 24.6. The zero-order valence-electron chi connectivity index (χ0n) is 48.4. The molecule has 0 aromatic rings. The minimum atomic E-state index is -0.851.